The van der Waals surface area contributed by atoms with Gasteiger partial charge in [0.2, 0.25) is 0 Å². The van der Waals surface area contributed by atoms with Gasteiger partial charge in [-0.1, -0.05) is 56.1 Å². The highest BCUT2D eigenvalue weighted by Gasteiger charge is 2.17. The lowest BCUT2D eigenvalue weighted by molar-refractivity contribution is 0.172. The third-order valence-electron chi connectivity index (χ3n) is 2.70. The predicted octanol–water partition coefficient (Wildman–Crippen LogP) is 4.63. The molecular formula is C14H11Br2FO. The first-order chi connectivity index (χ1) is 8.59. The summed E-state index contributed by atoms with van der Waals surface area (Å²) in [6.07, 6.45) is -0.514. The molecule has 0 fully saturated rings. The first-order valence-corrected chi connectivity index (χ1v) is 7.03. The number of aliphatic hydroxyl groups excluding tert-OH is 1. The average Bonchev–Trinajstić information content (AvgIpc) is 2.32. The maximum Gasteiger partial charge on any atom is 0.130 e. The van der Waals surface area contributed by atoms with Crippen LogP contribution in [-0.2, 0) is 6.42 Å². The van der Waals surface area contributed by atoms with Crippen LogP contribution in [0.1, 0.15) is 17.2 Å². The molecule has 0 saturated carbocycles. The maximum absolute atomic E-state index is 13.7. The fourth-order valence-corrected chi connectivity index (χ4v) is 2.86. The van der Waals surface area contributed by atoms with E-state index in [4.69, 9.17) is 0 Å². The minimum atomic E-state index is -0.876. The van der Waals surface area contributed by atoms with Crippen molar-refractivity contribution in [3.8, 4) is 0 Å². The van der Waals surface area contributed by atoms with E-state index in [2.05, 4.69) is 31.9 Å². The van der Waals surface area contributed by atoms with Crippen molar-refractivity contribution in [2.75, 3.05) is 0 Å². The Bertz CT molecular complexity index is 537. The van der Waals surface area contributed by atoms with Crippen LogP contribution in [0.5, 0.6) is 0 Å². The Labute approximate surface area is 122 Å². The van der Waals surface area contributed by atoms with Crippen molar-refractivity contribution >= 4 is 31.9 Å². The largest absolute Gasteiger partial charge is 0.388 e. The third-order valence-corrected chi connectivity index (χ3v) is 4.17. The van der Waals surface area contributed by atoms with E-state index in [1.807, 2.05) is 24.3 Å². The van der Waals surface area contributed by atoms with Gasteiger partial charge in [0.25, 0.3) is 0 Å². The minimum absolute atomic E-state index is 0.299. The molecule has 0 saturated heterocycles. The zero-order valence-electron chi connectivity index (χ0n) is 9.41. The molecule has 2 aromatic carbocycles. The highest BCUT2D eigenvalue weighted by Crippen LogP contribution is 2.30. The molecule has 0 bridgehead atoms. The van der Waals surface area contributed by atoms with Crippen LogP contribution in [0.15, 0.2) is 51.4 Å². The summed E-state index contributed by atoms with van der Waals surface area (Å²) in [7, 11) is 0. The van der Waals surface area contributed by atoms with Gasteiger partial charge < -0.3 is 5.11 Å². The van der Waals surface area contributed by atoms with Crippen LogP contribution >= 0.6 is 31.9 Å². The molecule has 0 spiro atoms. The normalized spacial score (nSPS) is 12.4. The van der Waals surface area contributed by atoms with E-state index in [1.54, 1.807) is 12.1 Å². The van der Waals surface area contributed by atoms with Crippen LogP contribution in [0.3, 0.4) is 0 Å². The number of benzene rings is 2. The highest BCUT2D eigenvalue weighted by molar-refractivity contribution is 9.10. The van der Waals surface area contributed by atoms with Crippen LogP contribution in [0.4, 0.5) is 4.39 Å². The highest BCUT2D eigenvalue weighted by atomic mass is 79.9. The van der Waals surface area contributed by atoms with E-state index in [1.165, 1.54) is 6.07 Å². The molecule has 1 nitrogen and oxygen atoms in total. The summed E-state index contributed by atoms with van der Waals surface area (Å²) in [6, 6.07) is 12.3. The number of halogens is 3. The quantitative estimate of drug-likeness (QED) is 0.831. The van der Waals surface area contributed by atoms with Gasteiger partial charge in [-0.3, -0.25) is 0 Å². The lowest BCUT2D eigenvalue weighted by atomic mass is 10.0. The topological polar surface area (TPSA) is 20.2 Å². The number of hydrogen-bond acceptors (Lipinski definition) is 1. The van der Waals surface area contributed by atoms with Gasteiger partial charge in [0.05, 0.1) is 6.10 Å². The minimum Gasteiger partial charge on any atom is -0.388 e. The van der Waals surface area contributed by atoms with Crippen LogP contribution in [0.2, 0.25) is 0 Å². The summed E-state index contributed by atoms with van der Waals surface area (Å²) in [5, 5.41) is 10.2. The van der Waals surface area contributed by atoms with E-state index in [0.717, 1.165) is 10.0 Å². The molecular weight excluding hydrogens is 363 g/mol. The van der Waals surface area contributed by atoms with Gasteiger partial charge in [-0.05, 0) is 23.8 Å². The van der Waals surface area contributed by atoms with E-state index < -0.39 is 11.9 Å². The number of hydrogen-bond donors (Lipinski definition) is 1. The molecule has 0 aromatic heterocycles. The van der Waals surface area contributed by atoms with Crippen molar-refractivity contribution in [2.45, 2.75) is 12.5 Å². The van der Waals surface area contributed by atoms with E-state index in [9.17, 15) is 9.50 Å². The van der Waals surface area contributed by atoms with Gasteiger partial charge in [0.1, 0.15) is 5.82 Å². The molecule has 2 rings (SSSR count). The lowest BCUT2D eigenvalue weighted by Gasteiger charge is -2.14. The standard InChI is InChI=1S/C14H11Br2FO/c15-10-5-2-1-4-9(10)8-13(18)14-11(16)6-3-7-12(14)17/h1-7,13,18H,8H2. The Morgan fingerprint density at radius 2 is 1.67 bits per heavy atom. The Morgan fingerprint density at radius 3 is 2.33 bits per heavy atom. The molecule has 1 unspecified atom stereocenters. The van der Waals surface area contributed by atoms with Crippen molar-refractivity contribution in [3.05, 3.63) is 68.4 Å². The second-order valence-corrected chi connectivity index (χ2v) is 5.66. The van der Waals surface area contributed by atoms with Crippen molar-refractivity contribution in [2.24, 2.45) is 0 Å². The molecule has 0 aliphatic heterocycles. The SMILES string of the molecule is OC(Cc1ccccc1Br)c1c(F)cccc1Br. The van der Waals surface area contributed by atoms with Crippen molar-refractivity contribution in [3.63, 3.8) is 0 Å². The van der Waals surface area contributed by atoms with E-state index in [0.29, 0.717) is 16.5 Å². The van der Waals surface area contributed by atoms with Gasteiger partial charge in [-0.2, -0.15) is 0 Å². The molecule has 0 amide bonds. The Morgan fingerprint density at radius 1 is 1.00 bits per heavy atom. The smallest absolute Gasteiger partial charge is 0.130 e. The van der Waals surface area contributed by atoms with Gasteiger partial charge >= 0.3 is 0 Å². The zero-order chi connectivity index (χ0) is 13.1. The molecule has 1 N–H and O–H groups in total. The van der Waals surface area contributed by atoms with Crippen molar-refractivity contribution < 1.29 is 9.50 Å². The van der Waals surface area contributed by atoms with Crippen LogP contribution in [-0.4, -0.2) is 5.11 Å². The maximum atomic E-state index is 13.7. The second kappa shape index (κ2) is 5.95. The van der Waals surface area contributed by atoms with Crippen LogP contribution in [0.25, 0.3) is 0 Å². The summed E-state index contributed by atoms with van der Waals surface area (Å²) in [6.45, 7) is 0. The first-order valence-electron chi connectivity index (χ1n) is 5.45. The molecule has 18 heavy (non-hydrogen) atoms. The summed E-state index contributed by atoms with van der Waals surface area (Å²) in [4.78, 5) is 0. The van der Waals surface area contributed by atoms with Gasteiger partial charge in [-0.15, -0.1) is 0 Å². The monoisotopic (exact) mass is 372 g/mol. The van der Waals surface area contributed by atoms with Crippen molar-refractivity contribution in [1.82, 2.24) is 0 Å². The van der Waals surface area contributed by atoms with E-state index >= 15 is 0 Å². The molecule has 0 heterocycles. The second-order valence-electron chi connectivity index (χ2n) is 3.95. The predicted molar refractivity (Wildman–Crippen MR) is 76.9 cm³/mol. The van der Waals surface area contributed by atoms with Crippen LogP contribution in [0, 0.1) is 5.82 Å². The summed E-state index contributed by atoms with van der Waals surface area (Å²) >= 11 is 6.69. The lowest BCUT2D eigenvalue weighted by Crippen LogP contribution is -2.05. The summed E-state index contributed by atoms with van der Waals surface area (Å²) < 4.78 is 15.2. The molecule has 0 radical (unpaired) electrons. The summed E-state index contributed by atoms with van der Waals surface area (Å²) in [5.74, 6) is -0.399. The fraction of sp³-hybridized carbons (Fsp3) is 0.143. The molecule has 0 aliphatic carbocycles. The number of rotatable bonds is 3. The molecule has 2 aromatic rings. The molecule has 4 heteroatoms. The molecule has 1 atom stereocenters. The molecule has 0 aliphatic rings. The van der Waals surface area contributed by atoms with Gasteiger partial charge in [0, 0.05) is 20.9 Å². The Hall–Kier alpha value is -0.710. The average molecular weight is 374 g/mol. The Balaban J connectivity index is 2.28. The fourth-order valence-electron chi connectivity index (χ4n) is 1.80. The number of aliphatic hydroxyl groups is 1. The van der Waals surface area contributed by atoms with E-state index in [-0.39, 0.29) is 0 Å². The Kier molecular flexibility index (Phi) is 4.54. The summed E-state index contributed by atoms with van der Waals surface area (Å²) in [5.41, 5.74) is 1.24. The zero-order valence-corrected chi connectivity index (χ0v) is 12.6. The van der Waals surface area contributed by atoms with Gasteiger partial charge in [0.15, 0.2) is 0 Å². The third kappa shape index (κ3) is 2.99. The van der Waals surface area contributed by atoms with Crippen LogP contribution < -0.4 is 0 Å². The molecule has 94 valence electrons. The first kappa shape index (κ1) is 13.7. The van der Waals surface area contributed by atoms with Crippen molar-refractivity contribution in [1.29, 1.82) is 0 Å². The van der Waals surface area contributed by atoms with Gasteiger partial charge in [-0.25, -0.2) is 4.39 Å².